The van der Waals surface area contributed by atoms with Crippen LogP contribution in [0.3, 0.4) is 0 Å². The van der Waals surface area contributed by atoms with Gasteiger partial charge in [-0.15, -0.1) is 9.90 Å². The summed E-state index contributed by atoms with van der Waals surface area (Å²) in [5.74, 6) is -0.954. The lowest BCUT2D eigenvalue weighted by molar-refractivity contribution is -0.652. The molecular weight excluding hydrogens is 460 g/mol. The summed E-state index contributed by atoms with van der Waals surface area (Å²) in [7, 11) is 1.52. The molecule has 178 valence electrons. The average Bonchev–Trinajstić information content (AvgIpc) is 3.49. The number of H-pyrrole nitrogens is 1. The van der Waals surface area contributed by atoms with Gasteiger partial charge in [0.1, 0.15) is 23.3 Å². The van der Waals surface area contributed by atoms with E-state index in [1.165, 1.54) is 18.0 Å². The Morgan fingerprint density at radius 3 is 2.71 bits per heavy atom. The Morgan fingerprint density at radius 1 is 1.23 bits per heavy atom. The minimum Gasteiger partial charge on any atom is -0.546 e. The molecule has 0 bridgehead atoms. The first kappa shape index (κ1) is 22.9. The van der Waals surface area contributed by atoms with Gasteiger partial charge in [-0.25, -0.2) is 5.43 Å². The number of amides is 1. The van der Waals surface area contributed by atoms with Crippen LogP contribution < -0.4 is 30.4 Å². The van der Waals surface area contributed by atoms with E-state index in [9.17, 15) is 14.7 Å². The van der Waals surface area contributed by atoms with Gasteiger partial charge < -0.3 is 25.1 Å². The molecule has 4 rings (SSSR count). The number of hydrazone groups is 1. The fourth-order valence-electron chi connectivity index (χ4n) is 3.01. The molecule has 0 aliphatic carbocycles. The highest BCUT2D eigenvalue weighted by molar-refractivity contribution is 5.97. The van der Waals surface area contributed by atoms with Crippen molar-refractivity contribution in [1.29, 1.82) is 0 Å². The number of carboxylic acid groups (broad SMARTS) is 1. The van der Waals surface area contributed by atoms with Gasteiger partial charge in [-0.3, -0.25) is 4.79 Å². The summed E-state index contributed by atoms with van der Waals surface area (Å²) in [5, 5.41) is 28.5. The van der Waals surface area contributed by atoms with Crippen LogP contribution in [0.1, 0.15) is 16.1 Å². The van der Waals surface area contributed by atoms with E-state index in [4.69, 9.17) is 15.2 Å². The Morgan fingerprint density at radius 2 is 2.03 bits per heavy atom. The van der Waals surface area contributed by atoms with Crippen molar-refractivity contribution in [3.05, 3.63) is 59.8 Å². The van der Waals surface area contributed by atoms with Crippen LogP contribution in [0.4, 0.5) is 5.82 Å². The van der Waals surface area contributed by atoms with Gasteiger partial charge in [-0.05, 0) is 52.2 Å². The molecule has 0 radical (unpaired) electrons. The van der Waals surface area contributed by atoms with Crippen LogP contribution in [-0.2, 0) is 4.79 Å². The largest absolute Gasteiger partial charge is 0.546 e. The van der Waals surface area contributed by atoms with Crippen molar-refractivity contribution in [3.63, 3.8) is 0 Å². The molecule has 0 aliphatic heterocycles. The zero-order valence-corrected chi connectivity index (χ0v) is 18.2. The number of hydrogen-bond acceptors (Lipinski definition) is 11. The number of aromatic nitrogens is 5. The first-order valence-corrected chi connectivity index (χ1v) is 9.95. The molecule has 2 heterocycles. The minimum atomic E-state index is -1.33. The summed E-state index contributed by atoms with van der Waals surface area (Å²) < 4.78 is 16.3. The molecule has 0 unspecified atom stereocenters. The number of nitrogens with two attached hydrogens (primary N) is 1. The second-order valence-corrected chi connectivity index (χ2v) is 6.88. The molecule has 0 spiro atoms. The summed E-state index contributed by atoms with van der Waals surface area (Å²) in [6.45, 7) is -0.557. The smallest absolute Gasteiger partial charge is 0.377 e. The molecular formula is C21H18N8O6. The van der Waals surface area contributed by atoms with Gasteiger partial charge in [-0.2, -0.15) is 9.73 Å². The summed E-state index contributed by atoms with van der Waals surface area (Å²) in [6, 6.07) is 13.3. The molecule has 0 aliphatic rings. The van der Waals surface area contributed by atoms with Crippen LogP contribution in [0.15, 0.2) is 58.3 Å². The zero-order chi connectivity index (χ0) is 24.8. The molecule has 14 nitrogen and oxygen atoms in total. The van der Waals surface area contributed by atoms with Gasteiger partial charge in [0.15, 0.2) is 5.69 Å². The molecule has 0 fully saturated rings. The number of aliphatic carboxylic acids is 1. The predicted octanol–water partition coefficient (Wildman–Crippen LogP) is -0.780. The Bertz CT molecular complexity index is 1380. The van der Waals surface area contributed by atoms with E-state index in [2.05, 4.69) is 35.8 Å². The Balaban J connectivity index is 1.57. The predicted molar refractivity (Wildman–Crippen MR) is 116 cm³/mol. The van der Waals surface area contributed by atoms with Crippen LogP contribution in [0.2, 0.25) is 0 Å². The minimum absolute atomic E-state index is 0.0103. The van der Waals surface area contributed by atoms with Crippen molar-refractivity contribution in [2.45, 2.75) is 0 Å². The number of hydrogen-bond donors (Lipinski definition) is 3. The number of nitrogen functional groups attached to an aromatic ring is 1. The SMILES string of the molecule is COc1cccc(-c2c(C(=O)NN=Cc3ccc(OCC(=O)[O-])cc3)n[nH][n+]2-c2nonc2N)c1. The maximum Gasteiger partial charge on any atom is 0.377 e. The molecule has 0 saturated carbocycles. The monoisotopic (exact) mass is 478 g/mol. The van der Waals surface area contributed by atoms with Gasteiger partial charge in [0.05, 0.1) is 19.3 Å². The van der Waals surface area contributed by atoms with Gasteiger partial charge in [0.2, 0.25) is 0 Å². The Labute approximate surface area is 196 Å². The standard InChI is InChI=1S/C21H18N8O6/c1-33-15-4-2-3-13(9-15)18-17(24-28-29(18)20-19(22)26-35-27-20)21(32)25-23-10-12-5-7-14(8-6-12)34-11-16(30)31/h2-10H,11H2,1H3,(H4,22,25,26,30,31,32). The first-order valence-electron chi connectivity index (χ1n) is 9.95. The van der Waals surface area contributed by atoms with E-state index in [1.54, 1.807) is 48.5 Å². The summed E-state index contributed by atoms with van der Waals surface area (Å²) >= 11 is 0. The number of rotatable bonds is 9. The van der Waals surface area contributed by atoms with Crippen molar-refractivity contribution < 1.29 is 33.5 Å². The number of benzene rings is 2. The third-order valence-corrected chi connectivity index (χ3v) is 4.59. The normalized spacial score (nSPS) is 10.9. The third-order valence-electron chi connectivity index (χ3n) is 4.59. The quantitative estimate of drug-likeness (QED) is 0.156. The highest BCUT2D eigenvalue weighted by Crippen LogP contribution is 2.24. The topological polar surface area (TPSA) is 198 Å². The molecule has 14 heteroatoms. The van der Waals surface area contributed by atoms with Crippen LogP contribution in [0, 0.1) is 0 Å². The lowest BCUT2D eigenvalue weighted by Gasteiger charge is -2.06. The third kappa shape index (κ3) is 5.22. The van der Waals surface area contributed by atoms with E-state index in [0.29, 0.717) is 28.3 Å². The molecule has 0 saturated heterocycles. The molecule has 35 heavy (non-hydrogen) atoms. The lowest BCUT2D eigenvalue weighted by Crippen LogP contribution is -2.37. The van der Waals surface area contributed by atoms with Crippen molar-refractivity contribution in [1.82, 2.24) is 26.1 Å². The number of aromatic amines is 1. The van der Waals surface area contributed by atoms with Crippen molar-refractivity contribution in [2.75, 3.05) is 19.5 Å². The van der Waals surface area contributed by atoms with E-state index >= 15 is 0 Å². The summed E-state index contributed by atoms with van der Waals surface area (Å²) in [5.41, 5.74) is 9.73. The van der Waals surface area contributed by atoms with Crippen LogP contribution >= 0.6 is 0 Å². The molecule has 2 aromatic carbocycles. The van der Waals surface area contributed by atoms with Crippen molar-refractivity contribution >= 4 is 23.9 Å². The van der Waals surface area contributed by atoms with Gasteiger partial charge in [0, 0.05) is 5.56 Å². The zero-order valence-electron chi connectivity index (χ0n) is 18.2. The van der Waals surface area contributed by atoms with E-state index in [-0.39, 0.29) is 17.3 Å². The molecule has 0 atom stereocenters. The molecule has 1 amide bonds. The number of methoxy groups -OCH3 is 1. The number of anilines is 1. The number of carbonyl (C=O) groups is 2. The van der Waals surface area contributed by atoms with Crippen molar-refractivity contribution in [2.24, 2.45) is 5.10 Å². The number of ether oxygens (including phenoxy) is 2. The molecule has 4 N–H and O–H groups in total. The fraction of sp³-hybridized carbons (Fsp3) is 0.0952. The second kappa shape index (κ2) is 10.1. The lowest BCUT2D eigenvalue weighted by atomic mass is 10.1. The number of carboxylic acids is 1. The highest BCUT2D eigenvalue weighted by atomic mass is 16.6. The number of carbonyl (C=O) groups excluding carboxylic acids is 2. The van der Waals surface area contributed by atoms with Gasteiger partial charge >= 0.3 is 11.7 Å². The van der Waals surface area contributed by atoms with Crippen molar-refractivity contribution in [3.8, 4) is 28.6 Å². The maximum atomic E-state index is 12.9. The Hall–Kier alpha value is -5.27. The van der Waals surface area contributed by atoms with E-state index < -0.39 is 18.5 Å². The van der Waals surface area contributed by atoms with Gasteiger partial charge in [0.25, 0.3) is 11.5 Å². The van der Waals surface area contributed by atoms with Crippen LogP contribution in [0.5, 0.6) is 11.5 Å². The maximum absolute atomic E-state index is 12.9. The second-order valence-electron chi connectivity index (χ2n) is 6.88. The highest BCUT2D eigenvalue weighted by Gasteiger charge is 2.31. The van der Waals surface area contributed by atoms with Crippen LogP contribution in [0.25, 0.3) is 17.1 Å². The van der Waals surface area contributed by atoms with E-state index in [0.717, 1.165) is 0 Å². The van der Waals surface area contributed by atoms with E-state index in [1.807, 2.05) is 0 Å². The summed E-state index contributed by atoms with van der Waals surface area (Å²) in [6.07, 6.45) is 1.39. The Kier molecular flexibility index (Phi) is 6.62. The first-order chi connectivity index (χ1) is 17.0. The summed E-state index contributed by atoms with van der Waals surface area (Å²) in [4.78, 5) is 23.4. The number of nitrogens with zero attached hydrogens (tertiary/aromatic N) is 5. The number of nitrogens with one attached hydrogen (secondary N) is 2. The van der Waals surface area contributed by atoms with Crippen LogP contribution in [-0.4, -0.2) is 52.4 Å². The average molecular weight is 478 g/mol. The van der Waals surface area contributed by atoms with Gasteiger partial charge in [-0.1, -0.05) is 12.1 Å². The fourth-order valence-corrected chi connectivity index (χ4v) is 3.01. The molecule has 2 aromatic heterocycles. The molecule has 4 aromatic rings.